The van der Waals surface area contributed by atoms with Gasteiger partial charge in [0.05, 0.1) is 0 Å². The van der Waals surface area contributed by atoms with Gasteiger partial charge in [0, 0.05) is 31.0 Å². The zero-order valence-electron chi connectivity index (χ0n) is 17.0. The Kier molecular flexibility index (Phi) is 7.82. The molecule has 2 amide bonds. The third-order valence-corrected chi connectivity index (χ3v) is 5.39. The number of carbonyl (C=O) groups is 2. The van der Waals surface area contributed by atoms with Gasteiger partial charge < -0.3 is 15.4 Å². The second-order valence-electron chi connectivity index (χ2n) is 7.56. The molecule has 1 aliphatic rings. The Balaban J connectivity index is 1.55. The summed E-state index contributed by atoms with van der Waals surface area (Å²) in [7, 11) is 0. The fourth-order valence-corrected chi connectivity index (χ4v) is 3.98. The van der Waals surface area contributed by atoms with Crippen molar-refractivity contribution in [3.63, 3.8) is 0 Å². The van der Waals surface area contributed by atoms with E-state index in [1.165, 1.54) is 0 Å². The average molecular weight is 395 g/mol. The van der Waals surface area contributed by atoms with Gasteiger partial charge in [0.2, 0.25) is 11.8 Å². The van der Waals surface area contributed by atoms with Crippen LogP contribution in [0.2, 0.25) is 0 Å². The van der Waals surface area contributed by atoms with Gasteiger partial charge in [0.25, 0.3) is 0 Å². The molecule has 2 aromatic carbocycles. The van der Waals surface area contributed by atoms with Crippen molar-refractivity contribution >= 4 is 11.8 Å². The van der Waals surface area contributed by atoms with Crippen LogP contribution >= 0.6 is 0 Å². The second-order valence-corrected chi connectivity index (χ2v) is 7.56. The summed E-state index contributed by atoms with van der Waals surface area (Å²) in [6, 6.07) is 20.5. The Bertz CT molecular complexity index is 740. The lowest BCUT2D eigenvalue weighted by Crippen LogP contribution is -2.38. The first kappa shape index (κ1) is 21.1. The van der Waals surface area contributed by atoms with Crippen LogP contribution in [-0.4, -0.2) is 37.1 Å². The van der Waals surface area contributed by atoms with Crippen LogP contribution in [0.3, 0.4) is 0 Å². The normalized spacial score (nSPS) is 18.6. The van der Waals surface area contributed by atoms with E-state index in [0.29, 0.717) is 13.0 Å². The van der Waals surface area contributed by atoms with Crippen molar-refractivity contribution in [2.75, 3.05) is 13.2 Å². The van der Waals surface area contributed by atoms with Gasteiger partial charge in [0.1, 0.15) is 6.61 Å². The number of amides is 2. The maximum atomic E-state index is 12.8. The standard InChI is InChI=1S/C24H30N2O3/c1-2-29-17-24(28)26-21-14-13-20(15-21)25-23(27)16-22(18-9-5-3-6-10-18)19-11-7-4-8-12-19/h3-12,20-22H,2,13-17H2,1H3,(H,25,27)(H,26,28)/t20-,21+/m1/s1. The highest BCUT2D eigenvalue weighted by Crippen LogP contribution is 2.28. The van der Waals surface area contributed by atoms with Gasteiger partial charge in [-0.05, 0) is 37.3 Å². The number of rotatable bonds is 9. The van der Waals surface area contributed by atoms with Crippen LogP contribution < -0.4 is 10.6 Å². The van der Waals surface area contributed by atoms with Gasteiger partial charge in [-0.15, -0.1) is 0 Å². The highest BCUT2D eigenvalue weighted by Gasteiger charge is 2.28. The Morgan fingerprint density at radius 1 is 0.897 bits per heavy atom. The second kappa shape index (κ2) is 10.8. The Morgan fingerprint density at radius 2 is 1.41 bits per heavy atom. The Hall–Kier alpha value is -2.66. The molecule has 0 bridgehead atoms. The molecule has 2 N–H and O–H groups in total. The van der Waals surface area contributed by atoms with Crippen molar-refractivity contribution in [2.45, 2.75) is 50.6 Å². The summed E-state index contributed by atoms with van der Waals surface area (Å²) in [6.45, 7) is 2.49. The molecule has 0 unspecified atom stereocenters. The summed E-state index contributed by atoms with van der Waals surface area (Å²) < 4.78 is 5.14. The van der Waals surface area contributed by atoms with Gasteiger partial charge in [-0.25, -0.2) is 0 Å². The molecule has 0 spiro atoms. The average Bonchev–Trinajstić information content (AvgIpc) is 3.18. The van der Waals surface area contributed by atoms with E-state index in [4.69, 9.17) is 4.74 Å². The lowest BCUT2D eigenvalue weighted by atomic mass is 9.88. The van der Waals surface area contributed by atoms with E-state index >= 15 is 0 Å². The third kappa shape index (κ3) is 6.43. The monoisotopic (exact) mass is 394 g/mol. The Labute approximate surface area is 172 Å². The van der Waals surface area contributed by atoms with Crippen LogP contribution in [0.25, 0.3) is 0 Å². The van der Waals surface area contributed by atoms with Gasteiger partial charge in [0.15, 0.2) is 0 Å². The molecule has 0 heterocycles. The molecule has 29 heavy (non-hydrogen) atoms. The minimum absolute atomic E-state index is 0.0282. The number of benzene rings is 2. The summed E-state index contributed by atoms with van der Waals surface area (Å²) in [6.07, 6.45) is 2.94. The summed E-state index contributed by atoms with van der Waals surface area (Å²) >= 11 is 0. The predicted molar refractivity (Wildman–Crippen MR) is 114 cm³/mol. The van der Waals surface area contributed by atoms with E-state index in [1.54, 1.807) is 0 Å². The van der Waals surface area contributed by atoms with Crippen molar-refractivity contribution in [2.24, 2.45) is 0 Å². The summed E-state index contributed by atoms with van der Waals surface area (Å²) in [5.41, 5.74) is 2.28. The van der Waals surface area contributed by atoms with Gasteiger partial charge in [-0.1, -0.05) is 60.7 Å². The van der Waals surface area contributed by atoms with Crippen LogP contribution in [0.1, 0.15) is 49.7 Å². The van der Waals surface area contributed by atoms with Crippen molar-refractivity contribution in [1.29, 1.82) is 0 Å². The SMILES string of the molecule is CCOCC(=O)N[C@H]1CC[C@@H](NC(=O)CC(c2ccccc2)c2ccccc2)C1. The molecule has 3 rings (SSSR count). The molecule has 0 saturated heterocycles. The molecule has 154 valence electrons. The smallest absolute Gasteiger partial charge is 0.246 e. The van der Waals surface area contributed by atoms with E-state index in [-0.39, 0.29) is 36.4 Å². The molecule has 0 radical (unpaired) electrons. The number of nitrogens with one attached hydrogen (secondary N) is 2. The summed E-state index contributed by atoms with van der Waals surface area (Å²) in [5.74, 6) is -0.00783. The Morgan fingerprint density at radius 3 is 1.93 bits per heavy atom. The predicted octanol–water partition coefficient (Wildman–Crippen LogP) is 3.40. The summed E-state index contributed by atoms with van der Waals surface area (Å²) in [4.78, 5) is 24.6. The molecule has 5 heteroatoms. The van der Waals surface area contributed by atoms with Crippen molar-refractivity contribution in [1.82, 2.24) is 10.6 Å². The van der Waals surface area contributed by atoms with E-state index in [9.17, 15) is 9.59 Å². The van der Waals surface area contributed by atoms with Gasteiger partial charge in [-0.2, -0.15) is 0 Å². The number of hydrogen-bond acceptors (Lipinski definition) is 3. The number of hydrogen-bond donors (Lipinski definition) is 2. The fourth-order valence-electron chi connectivity index (χ4n) is 3.98. The highest BCUT2D eigenvalue weighted by atomic mass is 16.5. The minimum atomic E-state index is -0.0861. The molecule has 5 nitrogen and oxygen atoms in total. The van der Waals surface area contributed by atoms with Crippen LogP contribution in [0.15, 0.2) is 60.7 Å². The zero-order chi connectivity index (χ0) is 20.5. The molecule has 2 atom stereocenters. The van der Waals surface area contributed by atoms with Crippen LogP contribution in [0.4, 0.5) is 0 Å². The lowest BCUT2D eigenvalue weighted by Gasteiger charge is -2.20. The minimum Gasteiger partial charge on any atom is -0.372 e. The highest BCUT2D eigenvalue weighted by molar-refractivity contribution is 5.78. The first-order valence-corrected chi connectivity index (χ1v) is 10.4. The van der Waals surface area contributed by atoms with E-state index in [2.05, 4.69) is 34.9 Å². The summed E-state index contributed by atoms with van der Waals surface area (Å²) in [5, 5.41) is 6.17. The lowest BCUT2D eigenvalue weighted by molar-refractivity contribution is -0.126. The van der Waals surface area contributed by atoms with Crippen molar-refractivity contribution < 1.29 is 14.3 Å². The molecule has 1 fully saturated rings. The molecule has 0 aliphatic heterocycles. The largest absolute Gasteiger partial charge is 0.372 e. The first-order valence-electron chi connectivity index (χ1n) is 10.4. The fraction of sp³-hybridized carbons (Fsp3) is 0.417. The number of ether oxygens (including phenoxy) is 1. The topological polar surface area (TPSA) is 67.4 Å². The quantitative estimate of drug-likeness (QED) is 0.685. The van der Waals surface area contributed by atoms with E-state index in [1.807, 2.05) is 43.3 Å². The molecule has 2 aromatic rings. The van der Waals surface area contributed by atoms with Gasteiger partial charge in [-0.3, -0.25) is 9.59 Å². The zero-order valence-corrected chi connectivity index (χ0v) is 17.0. The molecule has 1 aliphatic carbocycles. The number of carbonyl (C=O) groups excluding carboxylic acids is 2. The van der Waals surface area contributed by atoms with Crippen molar-refractivity contribution in [3.8, 4) is 0 Å². The molecular formula is C24H30N2O3. The maximum absolute atomic E-state index is 12.8. The molecule has 1 saturated carbocycles. The van der Waals surface area contributed by atoms with Crippen LogP contribution in [-0.2, 0) is 14.3 Å². The van der Waals surface area contributed by atoms with Gasteiger partial charge >= 0.3 is 0 Å². The molecule has 0 aromatic heterocycles. The first-order chi connectivity index (χ1) is 14.2. The van der Waals surface area contributed by atoms with E-state index < -0.39 is 0 Å². The molecular weight excluding hydrogens is 364 g/mol. The van der Waals surface area contributed by atoms with Crippen LogP contribution in [0.5, 0.6) is 0 Å². The van der Waals surface area contributed by atoms with Crippen LogP contribution in [0, 0.1) is 0 Å². The van der Waals surface area contributed by atoms with E-state index in [0.717, 1.165) is 30.4 Å². The maximum Gasteiger partial charge on any atom is 0.246 e. The van der Waals surface area contributed by atoms with Crippen molar-refractivity contribution in [3.05, 3.63) is 71.8 Å². The third-order valence-electron chi connectivity index (χ3n) is 5.39.